The van der Waals surface area contributed by atoms with Crippen LogP contribution in [0.3, 0.4) is 0 Å². The van der Waals surface area contributed by atoms with E-state index >= 15 is 0 Å². The third-order valence-electron chi connectivity index (χ3n) is 2.86. The summed E-state index contributed by atoms with van der Waals surface area (Å²) in [6.07, 6.45) is 0.154. The molecule has 0 radical (unpaired) electrons. The molecule has 0 fully saturated rings. The highest BCUT2D eigenvalue weighted by atomic mass is 16.5. The lowest BCUT2D eigenvalue weighted by Gasteiger charge is -2.13. The molecule has 0 saturated heterocycles. The fourth-order valence-corrected chi connectivity index (χ4v) is 1.87. The number of rotatable bonds is 5. The second kappa shape index (κ2) is 6.20. The highest BCUT2D eigenvalue weighted by Gasteiger charge is 2.11. The van der Waals surface area contributed by atoms with E-state index in [2.05, 4.69) is 4.74 Å². The Kier molecular flexibility index (Phi) is 4.36. The largest absolute Gasteiger partial charge is 0.491 e. The standard InChI is InChI=1S/C15H17NO3/c1-18-15(17)9-12(16)10-19-14-8-4-6-11-5-2-3-7-13(11)14/h2-8,12H,9-10,16H2,1H3. The van der Waals surface area contributed by atoms with Crippen molar-refractivity contribution in [2.75, 3.05) is 13.7 Å². The quantitative estimate of drug-likeness (QED) is 0.835. The van der Waals surface area contributed by atoms with Crippen LogP contribution in [0, 0.1) is 0 Å². The first-order valence-corrected chi connectivity index (χ1v) is 6.13. The van der Waals surface area contributed by atoms with E-state index in [1.807, 2.05) is 42.5 Å². The first-order valence-electron chi connectivity index (χ1n) is 6.13. The van der Waals surface area contributed by atoms with Crippen molar-refractivity contribution >= 4 is 16.7 Å². The first-order chi connectivity index (χ1) is 9.20. The van der Waals surface area contributed by atoms with E-state index in [4.69, 9.17) is 10.5 Å². The van der Waals surface area contributed by atoms with Gasteiger partial charge in [-0.05, 0) is 11.5 Å². The molecule has 0 aliphatic carbocycles. The van der Waals surface area contributed by atoms with E-state index in [0.717, 1.165) is 16.5 Å². The minimum Gasteiger partial charge on any atom is -0.491 e. The molecule has 2 N–H and O–H groups in total. The van der Waals surface area contributed by atoms with Crippen molar-refractivity contribution in [3.05, 3.63) is 42.5 Å². The molecule has 0 aliphatic rings. The minimum absolute atomic E-state index is 0.154. The van der Waals surface area contributed by atoms with Gasteiger partial charge in [-0.15, -0.1) is 0 Å². The molecule has 0 spiro atoms. The fourth-order valence-electron chi connectivity index (χ4n) is 1.87. The van der Waals surface area contributed by atoms with Gasteiger partial charge in [0, 0.05) is 11.4 Å². The molecule has 0 aromatic heterocycles. The van der Waals surface area contributed by atoms with Gasteiger partial charge in [-0.3, -0.25) is 4.79 Å². The van der Waals surface area contributed by atoms with Gasteiger partial charge in [0.05, 0.1) is 13.5 Å². The number of carbonyl (C=O) groups excluding carboxylic acids is 1. The van der Waals surface area contributed by atoms with Crippen molar-refractivity contribution in [3.63, 3.8) is 0 Å². The van der Waals surface area contributed by atoms with Crippen LogP contribution in [-0.2, 0) is 9.53 Å². The van der Waals surface area contributed by atoms with Crippen molar-refractivity contribution in [1.29, 1.82) is 0 Å². The number of carbonyl (C=O) groups is 1. The monoisotopic (exact) mass is 259 g/mol. The van der Waals surface area contributed by atoms with Gasteiger partial charge in [-0.25, -0.2) is 0 Å². The second-order valence-corrected chi connectivity index (χ2v) is 4.33. The summed E-state index contributed by atoms with van der Waals surface area (Å²) in [5.74, 6) is 0.451. The van der Waals surface area contributed by atoms with Gasteiger partial charge in [0.25, 0.3) is 0 Å². The molecule has 2 rings (SSSR count). The van der Waals surface area contributed by atoms with Gasteiger partial charge in [0.1, 0.15) is 12.4 Å². The summed E-state index contributed by atoms with van der Waals surface area (Å²) in [6.45, 7) is 0.281. The summed E-state index contributed by atoms with van der Waals surface area (Å²) in [7, 11) is 1.35. The second-order valence-electron chi connectivity index (χ2n) is 4.33. The normalized spacial score (nSPS) is 12.1. The van der Waals surface area contributed by atoms with Gasteiger partial charge in [-0.1, -0.05) is 36.4 Å². The Hall–Kier alpha value is -2.07. The molecule has 0 bridgehead atoms. The van der Waals surface area contributed by atoms with Crippen molar-refractivity contribution < 1.29 is 14.3 Å². The summed E-state index contributed by atoms with van der Waals surface area (Å²) in [4.78, 5) is 11.1. The predicted molar refractivity (Wildman–Crippen MR) is 74.1 cm³/mol. The Labute approximate surface area is 112 Å². The van der Waals surface area contributed by atoms with Gasteiger partial charge >= 0.3 is 5.97 Å². The number of hydrogen-bond acceptors (Lipinski definition) is 4. The van der Waals surface area contributed by atoms with Gasteiger partial charge in [0.15, 0.2) is 0 Å². The average Bonchev–Trinajstić information content (AvgIpc) is 2.44. The molecular formula is C15H17NO3. The van der Waals surface area contributed by atoms with Crippen LogP contribution in [0.2, 0.25) is 0 Å². The molecule has 0 aliphatic heterocycles. The lowest BCUT2D eigenvalue weighted by molar-refractivity contribution is -0.141. The van der Waals surface area contributed by atoms with E-state index in [-0.39, 0.29) is 25.0 Å². The summed E-state index contributed by atoms with van der Waals surface area (Å²) in [5, 5.41) is 2.15. The Bertz CT molecular complexity index is 563. The Morgan fingerprint density at radius 2 is 1.95 bits per heavy atom. The SMILES string of the molecule is COC(=O)CC(N)COc1cccc2ccccc12. The molecule has 1 unspecified atom stereocenters. The first kappa shape index (κ1) is 13.4. The highest BCUT2D eigenvalue weighted by Crippen LogP contribution is 2.25. The number of nitrogens with two attached hydrogens (primary N) is 1. The van der Waals surface area contributed by atoms with E-state index in [1.54, 1.807) is 0 Å². The smallest absolute Gasteiger partial charge is 0.307 e. The number of esters is 1. The molecule has 100 valence electrons. The maximum absolute atomic E-state index is 11.1. The number of hydrogen-bond donors (Lipinski definition) is 1. The summed E-state index contributed by atoms with van der Waals surface area (Å²) in [5.41, 5.74) is 5.82. The molecule has 0 saturated carbocycles. The van der Waals surface area contributed by atoms with Crippen molar-refractivity contribution in [3.8, 4) is 5.75 Å². The number of fused-ring (bicyclic) bond motifs is 1. The van der Waals surface area contributed by atoms with Gasteiger partial charge in [0.2, 0.25) is 0 Å². The van der Waals surface area contributed by atoms with Crippen LogP contribution in [0.5, 0.6) is 5.75 Å². The van der Waals surface area contributed by atoms with E-state index in [1.165, 1.54) is 7.11 Å². The van der Waals surface area contributed by atoms with E-state index < -0.39 is 0 Å². The zero-order valence-electron chi connectivity index (χ0n) is 10.8. The van der Waals surface area contributed by atoms with Crippen LogP contribution in [0.1, 0.15) is 6.42 Å². The van der Waals surface area contributed by atoms with Crippen LogP contribution in [-0.4, -0.2) is 25.7 Å². The summed E-state index contributed by atoms with van der Waals surface area (Å²) >= 11 is 0. The van der Waals surface area contributed by atoms with Crippen LogP contribution in [0.4, 0.5) is 0 Å². The average molecular weight is 259 g/mol. The van der Waals surface area contributed by atoms with Crippen molar-refractivity contribution in [1.82, 2.24) is 0 Å². The third kappa shape index (κ3) is 3.45. The lowest BCUT2D eigenvalue weighted by Crippen LogP contribution is -2.31. The van der Waals surface area contributed by atoms with Gasteiger partial charge < -0.3 is 15.2 Å². The summed E-state index contributed by atoms with van der Waals surface area (Å²) in [6, 6.07) is 13.4. The number of methoxy groups -OCH3 is 1. The van der Waals surface area contributed by atoms with E-state index in [9.17, 15) is 4.79 Å². The molecule has 0 amide bonds. The van der Waals surface area contributed by atoms with Crippen molar-refractivity contribution in [2.24, 2.45) is 5.73 Å². The number of ether oxygens (including phenoxy) is 2. The lowest BCUT2D eigenvalue weighted by atomic mass is 10.1. The molecular weight excluding hydrogens is 242 g/mol. The topological polar surface area (TPSA) is 61.5 Å². The third-order valence-corrected chi connectivity index (χ3v) is 2.86. The van der Waals surface area contributed by atoms with Crippen molar-refractivity contribution in [2.45, 2.75) is 12.5 Å². The Morgan fingerprint density at radius 1 is 1.21 bits per heavy atom. The Balaban J connectivity index is 2.04. The fraction of sp³-hybridized carbons (Fsp3) is 0.267. The maximum Gasteiger partial charge on any atom is 0.307 e. The van der Waals surface area contributed by atoms with Crippen LogP contribution in [0.15, 0.2) is 42.5 Å². The molecule has 0 heterocycles. The predicted octanol–water partition coefficient (Wildman–Crippen LogP) is 2.11. The maximum atomic E-state index is 11.1. The molecule has 2 aromatic rings. The van der Waals surface area contributed by atoms with Crippen LogP contribution in [0.25, 0.3) is 10.8 Å². The van der Waals surface area contributed by atoms with Gasteiger partial charge in [-0.2, -0.15) is 0 Å². The molecule has 1 atom stereocenters. The zero-order chi connectivity index (χ0) is 13.7. The molecule has 19 heavy (non-hydrogen) atoms. The molecule has 2 aromatic carbocycles. The number of benzene rings is 2. The van der Waals surface area contributed by atoms with Crippen LogP contribution >= 0.6 is 0 Å². The summed E-state index contributed by atoms with van der Waals surface area (Å²) < 4.78 is 10.3. The van der Waals surface area contributed by atoms with E-state index in [0.29, 0.717) is 0 Å². The van der Waals surface area contributed by atoms with Crippen LogP contribution < -0.4 is 10.5 Å². The Morgan fingerprint density at radius 3 is 2.74 bits per heavy atom. The molecule has 4 heteroatoms. The zero-order valence-corrected chi connectivity index (χ0v) is 10.8. The molecule has 4 nitrogen and oxygen atoms in total. The highest BCUT2D eigenvalue weighted by molar-refractivity contribution is 5.88. The minimum atomic E-state index is -0.369.